The third-order valence-electron chi connectivity index (χ3n) is 5.81. The van der Waals surface area contributed by atoms with Crippen LogP contribution in [0, 0.1) is 11.3 Å². The molecule has 1 N–H and O–H groups in total. The Morgan fingerprint density at radius 2 is 1.90 bits per heavy atom. The van der Waals surface area contributed by atoms with Gasteiger partial charge in [0.25, 0.3) is 0 Å². The molecule has 3 unspecified atom stereocenters. The van der Waals surface area contributed by atoms with Crippen LogP contribution in [0.1, 0.15) is 60.3 Å². The van der Waals surface area contributed by atoms with Crippen LogP contribution in [0.3, 0.4) is 0 Å². The maximum absolute atomic E-state index is 5.58. The van der Waals surface area contributed by atoms with E-state index in [0.29, 0.717) is 17.5 Å². The molecule has 0 radical (unpaired) electrons. The fourth-order valence-corrected chi connectivity index (χ4v) is 3.77. The normalized spacial score (nSPS) is 27.3. The molecule has 1 fully saturated rings. The van der Waals surface area contributed by atoms with E-state index in [1.165, 1.54) is 25.7 Å². The molecule has 0 bridgehead atoms. The Morgan fingerprint density at radius 1 is 1.19 bits per heavy atom. The third kappa shape index (κ3) is 5.22. The van der Waals surface area contributed by atoms with Crippen LogP contribution in [-0.4, -0.2) is 50.3 Å². The number of likely N-dealkylation sites (N-methyl/N-ethyl adjacent to an activating group) is 2. The van der Waals surface area contributed by atoms with E-state index < -0.39 is 0 Å². The first kappa shape index (κ1) is 18.9. The van der Waals surface area contributed by atoms with Crippen LogP contribution >= 0.6 is 0 Å². The largest absolute Gasteiger partial charge is 0.380 e. The van der Waals surface area contributed by atoms with Crippen LogP contribution in [-0.2, 0) is 4.74 Å². The number of ether oxygens (including phenoxy) is 1. The number of nitrogens with zero attached hydrogens (tertiary/aromatic N) is 1. The van der Waals surface area contributed by atoms with Crippen molar-refractivity contribution in [1.29, 1.82) is 0 Å². The molecule has 0 aromatic carbocycles. The molecule has 1 aliphatic rings. The molecule has 0 aromatic rings. The van der Waals surface area contributed by atoms with Gasteiger partial charge in [-0.05, 0) is 51.1 Å². The Bertz CT molecular complexity index is 280. The highest BCUT2D eigenvalue weighted by molar-refractivity contribution is 4.94. The van der Waals surface area contributed by atoms with Crippen molar-refractivity contribution in [1.82, 2.24) is 10.2 Å². The zero-order valence-electron chi connectivity index (χ0n) is 15.2. The number of hydrogen-bond acceptors (Lipinski definition) is 3. The fraction of sp³-hybridized carbons (Fsp3) is 1.00. The zero-order valence-corrected chi connectivity index (χ0v) is 15.2. The van der Waals surface area contributed by atoms with E-state index >= 15 is 0 Å². The second kappa shape index (κ2) is 9.12. The van der Waals surface area contributed by atoms with Gasteiger partial charge in [0.05, 0.1) is 6.61 Å². The first-order valence-electron chi connectivity index (χ1n) is 8.99. The smallest absolute Gasteiger partial charge is 0.0593 e. The Hall–Kier alpha value is -0.120. The summed E-state index contributed by atoms with van der Waals surface area (Å²) < 4.78 is 5.58. The summed E-state index contributed by atoms with van der Waals surface area (Å²) in [6, 6.07) is 1.29. The summed E-state index contributed by atoms with van der Waals surface area (Å²) in [5, 5.41) is 3.57. The van der Waals surface area contributed by atoms with E-state index in [1.807, 2.05) is 0 Å². The quantitative estimate of drug-likeness (QED) is 0.659. The molecule has 0 saturated heterocycles. The summed E-state index contributed by atoms with van der Waals surface area (Å²) in [6.07, 6.45) is 5.28. The SMILES string of the molecule is CCOCCN(CC)C1CC(C(C)(C)CC)CCC1NC. The van der Waals surface area contributed by atoms with Gasteiger partial charge in [-0.15, -0.1) is 0 Å². The molecule has 1 saturated carbocycles. The summed E-state index contributed by atoms with van der Waals surface area (Å²) in [7, 11) is 2.12. The molecule has 0 spiro atoms. The molecule has 1 aliphatic carbocycles. The third-order valence-corrected chi connectivity index (χ3v) is 5.81. The minimum absolute atomic E-state index is 0.469. The van der Waals surface area contributed by atoms with Crippen molar-refractivity contribution in [2.24, 2.45) is 11.3 Å². The molecule has 126 valence electrons. The van der Waals surface area contributed by atoms with E-state index in [4.69, 9.17) is 4.74 Å². The summed E-state index contributed by atoms with van der Waals surface area (Å²) >= 11 is 0. The molecule has 0 heterocycles. The highest BCUT2D eigenvalue weighted by atomic mass is 16.5. The van der Waals surface area contributed by atoms with Crippen molar-refractivity contribution in [2.75, 3.05) is 33.4 Å². The Kier molecular flexibility index (Phi) is 8.22. The van der Waals surface area contributed by atoms with Crippen LogP contribution < -0.4 is 5.32 Å². The molecule has 3 atom stereocenters. The van der Waals surface area contributed by atoms with Gasteiger partial charge in [0.2, 0.25) is 0 Å². The molecule has 0 aliphatic heterocycles. The lowest BCUT2D eigenvalue weighted by molar-refractivity contribution is 0.0346. The van der Waals surface area contributed by atoms with Gasteiger partial charge in [-0.3, -0.25) is 4.90 Å². The van der Waals surface area contributed by atoms with E-state index in [2.05, 4.69) is 51.9 Å². The second-order valence-corrected chi connectivity index (χ2v) is 7.14. The lowest BCUT2D eigenvalue weighted by Gasteiger charge is -2.47. The van der Waals surface area contributed by atoms with Crippen molar-refractivity contribution < 1.29 is 4.74 Å². The first-order chi connectivity index (χ1) is 10.00. The van der Waals surface area contributed by atoms with Crippen LogP contribution in [0.15, 0.2) is 0 Å². The van der Waals surface area contributed by atoms with Gasteiger partial charge >= 0.3 is 0 Å². The van der Waals surface area contributed by atoms with Crippen molar-refractivity contribution in [3.63, 3.8) is 0 Å². The van der Waals surface area contributed by atoms with Crippen LogP contribution in [0.25, 0.3) is 0 Å². The highest BCUT2D eigenvalue weighted by Gasteiger charge is 2.38. The monoisotopic (exact) mass is 298 g/mol. The minimum atomic E-state index is 0.469. The maximum Gasteiger partial charge on any atom is 0.0593 e. The van der Waals surface area contributed by atoms with Crippen molar-refractivity contribution in [3.8, 4) is 0 Å². The Morgan fingerprint density at radius 3 is 2.43 bits per heavy atom. The van der Waals surface area contributed by atoms with E-state index in [9.17, 15) is 0 Å². The predicted molar refractivity (Wildman–Crippen MR) is 91.8 cm³/mol. The van der Waals surface area contributed by atoms with Gasteiger partial charge in [-0.25, -0.2) is 0 Å². The molecule has 3 nitrogen and oxygen atoms in total. The minimum Gasteiger partial charge on any atom is -0.380 e. The van der Waals surface area contributed by atoms with Gasteiger partial charge in [-0.2, -0.15) is 0 Å². The van der Waals surface area contributed by atoms with Gasteiger partial charge in [0.15, 0.2) is 0 Å². The zero-order chi connectivity index (χ0) is 15.9. The van der Waals surface area contributed by atoms with Gasteiger partial charge in [0, 0.05) is 25.2 Å². The average Bonchev–Trinajstić information content (AvgIpc) is 2.51. The summed E-state index contributed by atoms with van der Waals surface area (Å²) in [5.74, 6) is 0.846. The molecule has 1 rings (SSSR count). The fourth-order valence-electron chi connectivity index (χ4n) is 3.77. The lowest BCUT2D eigenvalue weighted by atomic mass is 9.67. The Labute approximate surface area is 132 Å². The maximum atomic E-state index is 5.58. The molecular weight excluding hydrogens is 260 g/mol. The van der Waals surface area contributed by atoms with Crippen LogP contribution in [0.2, 0.25) is 0 Å². The summed E-state index contributed by atoms with van der Waals surface area (Å²) in [5.41, 5.74) is 0.469. The van der Waals surface area contributed by atoms with Gasteiger partial charge in [0.1, 0.15) is 0 Å². The molecule has 0 aromatic heterocycles. The standard InChI is InChI=1S/C18H38N2O/c1-7-18(4,5)15-10-11-16(19-6)17(14-15)20(8-2)12-13-21-9-3/h15-17,19H,7-14H2,1-6H3. The number of hydrogen-bond donors (Lipinski definition) is 1. The first-order valence-corrected chi connectivity index (χ1v) is 8.99. The van der Waals surface area contributed by atoms with Gasteiger partial charge in [-0.1, -0.05) is 34.1 Å². The van der Waals surface area contributed by atoms with Crippen LogP contribution in [0.5, 0.6) is 0 Å². The molecular formula is C18H38N2O. The van der Waals surface area contributed by atoms with Crippen LogP contribution in [0.4, 0.5) is 0 Å². The number of rotatable bonds is 9. The average molecular weight is 299 g/mol. The molecule has 21 heavy (non-hydrogen) atoms. The van der Waals surface area contributed by atoms with Gasteiger partial charge < -0.3 is 10.1 Å². The van der Waals surface area contributed by atoms with Crippen molar-refractivity contribution in [3.05, 3.63) is 0 Å². The molecule has 3 heteroatoms. The van der Waals surface area contributed by atoms with E-state index in [0.717, 1.165) is 32.2 Å². The topological polar surface area (TPSA) is 24.5 Å². The second-order valence-electron chi connectivity index (χ2n) is 7.14. The van der Waals surface area contributed by atoms with E-state index in [-0.39, 0.29) is 0 Å². The lowest BCUT2D eigenvalue weighted by Crippen LogP contribution is -2.54. The number of nitrogens with one attached hydrogen (secondary N) is 1. The van der Waals surface area contributed by atoms with E-state index in [1.54, 1.807) is 0 Å². The predicted octanol–water partition coefficient (Wildman–Crippen LogP) is 3.54. The molecule has 0 amide bonds. The highest BCUT2D eigenvalue weighted by Crippen LogP contribution is 2.41. The summed E-state index contributed by atoms with van der Waals surface area (Å²) in [6.45, 7) is 15.5. The van der Waals surface area contributed by atoms with Crippen molar-refractivity contribution in [2.45, 2.75) is 72.4 Å². The van der Waals surface area contributed by atoms with Crippen molar-refractivity contribution >= 4 is 0 Å². The Balaban J connectivity index is 2.72. The summed E-state index contributed by atoms with van der Waals surface area (Å²) in [4.78, 5) is 2.63.